The molecule has 1 unspecified atom stereocenters. The van der Waals surface area contributed by atoms with Gasteiger partial charge in [-0.15, -0.1) is 0 Å². The minimum atomic E-state index is -0.448. The van der Waals surface area contributed by atoms with Crippen molar-refractivity contribution in [2.45, 2.75) is 18.9 Å². The van der Waals surface area contributed by atoms with Crippen LogP contribution in [0.4, 0.5) is 5.82 Å². The highest BCUT2D eigenvalue weighted by atomic mass is 16.3. The van der Waals surface area contributed by atoms with E-state index in [1.165, 1.54) is 12.4 Å². The fraction of sp³-hybridized carbons (Fsp3) is 0.500. The largest absolute Gasteiger partial charge is 0.391 e. The predicted octanol–water partition coefficient (Wildman–Crippen LogP) is -0.641. The lowest BCUT2D eigenvalue weighted by atomic mass is 10.1. The quantitative estimate of drug-likeness (QED) is 0.467. The first-order chi connectivity index (χ1) is 8.20. The molecular formula is C10H15N5O2. The zero-order valence-corrected chi connectivity index (χ0v) is 9.33. The molecule has 2 heterocycles. The number of carbonyl (C=O) groups is 1. The molecule has 1 aliphatic heterocycles. The van der Waals surface area contributed by atoms with Crippen molar-refractivity contribution in [3.05, 3.63) is 18.1 Å². The molecule has 0 radical (unpaired) electrons. The molecule has 0 spiro atoms. The number of hydrogen-bond acceptors (Lipinski definition) is 6. The molecule has 0 bridgehead atoms. The van der Waals surface area contributed by atoms with Crippen molar-refractivity contribution in [3.63, 3.8) is 0 Å². The number of amides is 1. The second-order valence-corrected chi connectivity index (χ2v) is 3.98. The summed E-state index contributed by atoms with van der Waals surface area (Å²) in [5.74, 6) is 5.31. The van der Waals surface area contributed by atoms with Crippen LogP contribution in [0.5, 0.6) is 0 Å². The van der Waals surface area contributed by atoms with Gasteiger partial charge in [-0.1, -0.05) is 0 Å². The van der Waals surface area contributed by atoms with Gasteiger partial charge in [-0.2, -0.15) is 0 Å². The van der Waals surface area contributed by atoms with Gasteiger partial charge in [0.05, 0.1) is 18.5 Å². The van der Waals surface area contributed by atoms with Gasteiger partial charge in [-0.05, 0) is 12.8 Å². The van der Waals surface area contributed by atoms with Gasteiger partial charge in [0.15, 0.2) is 5.82 Å². The molecule has 1 saturated heterocycles. The zero-order chi connectivity index (χ0) is 12.3. The Labute approximate surface area is 98.6 Å². The lowest BCUT2D eigenvalue weighted by Gasteiger charge is -2.29. The summed E-state index contributed by atoms with van der Waals surface area (Å²) < 4.78 is 0. The molecule has 1 amide bonds. The Morgan fingerprint density at radius 1 is 1.59 bits per heavy atom. The Morgan fingerprint density at radius 2 is 2.41 bits per heavy atom. The van der Waals surface area contributed by atoms with Crippen LogP contribution in [0.15, 0.2) is 12.4 Å². The number of aliphatic hydroxyl groups excluding tert-OH is 1. The zero-order valence-electron chi connectivity index (χ0n) is 9.33. The van der Waals surface area contributed by atoms with Crippen LogP contribution in [-0.4, -0.2) is 45.1 Å². The monoisotopic (exact) mass is 237 g/mol. The summed E-state index contributed by atoms with van der Waals surface area (Å²) in [5, 5.41) is 9.51. The number of hydrazine groups is 1. The van der Waals surface area contributed by atoms with Gasteiger partial charge in [0.25, 0.3) is 5.91 Å². The van der Waals surface area contributed by atoms with Crippen molar-refractivity contribution in [1.29, 1.82) is 0 Å². The van der Waals surface area contributed by atoms with Gasteiger partial charge in [0.1, 0.15) is 5.69 Å². The normalized spacial score (nSPS) is 20.1. The van der Waals surface area contributed by atoms with Crippen molar-refractivity contribution >= 4 is 11.7 Å². The third-order valence-corrected chi connectivity index (χ3v) is 2.69. The standard InChI is InChI=1S/C10H15N5O2/c11-14-9-5-12-4-8(13-9)10(17)15-3-1-2-7(16)6-15/h4-5,7,16H,1-3,6,11H2,(H,13,14). The minimum absolute atomic E-state index is 0.228. The Hall–Kier alpha value is -1.73. The van der Waals surface area contributed by atoms with Gasteiger partial charge in [-0.3, -0.25) is 9.78 Å². The number of nitrogens with two attached hydrogens (primary N) is 1. The summed E-state index contributed by atoms with van der Waals surface area (Å²) in [4.78, 5) is 21.5. The molecule has 7 nitrogen and oxygen atoms in total. The van der Waals surface area contributed by atoms with E-state index in [4.69, 9.17) is 5.84 Å². The second-order valence-electron chi connectivity index (χ2n) is 3.98. The highest BCUT2D eigenvalue weighted by Gasteiger charge is 2.24. The number of nitrogens with one attached hydrogen (secondary N) is 1. The van der Waals surface area contributed by atoms with Gasteiger partial charge >= 0.3 is 0 Å². The average Bonchev–Trinajstić information content (AvgIpc) is 2.38. The number of carbonyl (C=O) groups excluding carboxylic acids is 1. The van der Waals surface area contributed by atoms with Crippen molar-refractivity contribution < 1.29 is 9.90 Å². The summed E-state index contributed by atoms with van der Waals surface area (Å²) in [6.07, 6.45) is 3.91. The van der Waals surface area contributed by atoms with Crippen LogP contribution in [0.2, 0.25) is 0 Å². The van der Waals surface area contributed by atoms with Crippen molar-refractivity contribution in [2.75, 3.05) is 18.5 Å². The van der Waals surface area contributed by atoms with Crippen molar-refractivity contribution in [2.24, 2.45) is 5.84 Å². The van der Waals surface area contributed by atoms with Crippen LogP contribution in [0.3, 0.4) is 0 Å². The molecule has 2 rings (SSSR count). The number of rotatable bonds is 2. The number of piperidine rings is 1. The number of hydrogen-bond donors (Lipinski definition) is 3. The van der Waals surface area contributed by atoms with E-state index >= 15 is 0 Å². The van der Waals surface area contributed by atoms with Crippen LogP contribution in [0, 0.1) is 0 Å². The molecule has 1 atom stereocenters. The number of aromatic nitrogens is 2. The summed E-state index contributed by atoms with van der Waals surface area (Å²) in [6.45, 7) is 0.985. The van der Waals surface area contributed by atoms with E-state index in [1.54, 1.807) is 4.90 Å². The van der Waals surface area contributed by atoms with Crippen molar-refractivity contribution in [1.82, 2.24) is 14.9 Å². The highest BCUT2D eigenvalue weighted by Crippen LogP contribution is 2.13. The highest BCUT2D eigenvalue weighted by molar-refractivity contribution is 5.92. The lowest BCUT2D eigenvalue weighted by molar-refractivity contribution is 0.0468. The Bertz CT molecular complexity index is 411. The molecular weight excluding hydrogens is 222 g/mol. The fourth-order valence-electron chi connectivity index (χ4n) is 1.84. The molecule has 0 aromatic carbocycles. The van der Waals surface area contributed by atoms with Crippen LogP contribution < -0.4 is 11.3 Å². The summed E-state index contributed by atoms with van der Waals surface area (Å²) in [5.41, 5.74) is 2.57. The van der Waals surface area contributed by atoms with Gasteiger partial charge in [-0.25, -0.2) is 10.8 Å². The second kappa shape index (κ2) is 5.07. The predicted molar refractivity (Wildman–Crippen MR) is 61.0 cm³/mol. The Morgan fingerprint density at radius 3 is 3.12 bits per heavy atom. The molecule has 0 aliphatic carbocycles. The minimum Gasteiger partial charge on any atom is -0.391 e. The molecule has 1 aromatic rings. The van der Waals surface area contributed by atoms with E-state index in [9.17, 15) is 9.90 Å². The van der Waals surface area contributed by atoms with E-state index in [0.717, 1.165) is 12.8 Å². The SMILES string of the molecule is NNc1cncc(C(=O)N2CCCC(O)C2)n1. The smallest absolute Gasteiger partial charge is 0.274 e. The number of nitrogens with zero attached hydrogens (tertiary/aromatic N) is 3. The van der Waals surface area contributed by atoms with Crippen LogP contribution in [0.1, 0.15) is 23.3 Å². The molecule has 4 N–H and O–H groups in total. The van der Waals surface area contributed by atoms with E-state index in [1.807, 2.05) is 0 Å². The molecule has 1 aliphatic rings. The van der Waals surface area contributed by atoms with E-state index < -0.39 is 6.10 Å². The van der Waals surface area contributed by atoms with E-state index in [2.05, 4.69) is 15.4 Å². The first-order valence-corrected chi connectivity index (χ1v) is 5.46. The van der Waals surface area contributed by atoms with Crippen molar-refractivity contribution in [3.8, 4) is 0 Å². The first kappa shape index (κ1) is 11.7. The average molecular weight is 237 g/mol. The maximum Gasteiger partial charge on any atom is 0.274 e. The molecule has 17 heavy (non-hydrogen) atoms. The first-order valence-electron chi connectivity index (χ1n) is 5.46. The number of β-amino-alcohol motifs (C(OH)–C–C–N with tert-alkyl or cyclic N) is 1. The van der Waals surface area contributed by atoms with Crippen LogP contribution >= 0.6 is 0 Å². The maximum atomic E-state index is 12.1. The summed E-state index contributed by atoms with van der Waals surface area (Å²) in [7, 11) is 0. The molecule has 7 heteroatoms. The van der Waals surface area contributed by atoms with Gasteiger partial charge in [0, 0.05) is 13.1 Å². The van der Waals surface area contributed by atoms with Crippen LogP contribution in [-0.2, 0) is 0 Å². The topological polar surface area (TPSA) is 104 Å². The third kappa shape index (κ3) is 2.69. The molecule has 92 valence electrons. The maximum absolute atomic E-state index is 12.1. The molecule has 1 fully saturated rings. The Balaban J connectivity index is 2.12. The molecule has 0 saturated carbocycles. The van der Waals surface area contributed by atoms with Gasteiger partial charge < -0.3 is 15.4 Å². The third-order valence-electron chi connectivity index (χ3n) is 2.69. The number of likely N-dealkylation sites (tertiary alicyclic amines) is 1. The summed E-state index contributed by atoms with van der Waals surface area (Å²) >= 11 is 0. The van der Waals surface area contributed by atoms with Crippen LogP contribution in [0.25, 0.3) is 0 Å². The molecule has 1 aromatic heterocycles. The number of nitrogen functional groups attached to an aromatic ring is 1. The number of aliphatic hydroxyl groups is 1. The Kier molecular flexibility index (Phi) is 3.50. The van der Waals surface area contributed by atoms with E-state index in [0.29, 0.717) is 18.9 Å². The lowest BCUT2D eigenvalue weighted by Crippen LogP contribution is -2.42. The summed E-state index contributed by atoms with van der Waals surface area (Å²) in [6, 6.07) is 0. The van der Waals surface area contributed by atoms with Gasteiger partial charge in [0.2, 0.25) is 0 Å². The number of anilines is 1. The van der Waals surface area contributed by atoms with E-state index in [-0.39, 0.29) is 11.6 Å². The fourth-order valence-corrected chi connectivity index (χ4v) is 1.84.